The van der Waals surface area contributed by atoms with Gasteiger partial charge in [0.25, 0.3) is 0 Å². The van der Waals surface area contributed by atoms with E-state index in [9.17, 15) is 9.59 Å². The van der Waals surface area contributed by atoms with Gasteiger partial charge < -0.3 is 15.0 Å². The van der Waals surface area contributed by atoms with E-state index in [1.54, 1.807) is 0 Å². The van der Waals surface area contributed by atoms with E-state index in [0.717, 1.165) is 35.9 Å². The summed E-state index contributed by atoms with van der Waals surface area (Å²) < 4.78 is 2.16. The van der Waals surface area contributed by atoms with Crippen molar-refractivity contribution < 1.29 is 14.7 Å². The van der Waals surface area contributed by atoms with Crippen LogP contribution in [-0.4, -0.2) is 28.1 Å². The van der Waals surface area contributed by atoms with Crippen molar-refractivity contribution in [3.8, 4) is 0 Å². The van der Waals surface area contributed by atoms with Crippen LogP contribution in [0.1, 0.15) is 38.2 Å². The number of hydrogen-bond donors (Lipinski definition) is 2. The Morgan fingerprint density at radius 1 is 1.17 bits per heavy atom. The van der Waals surface area contributed by atoms with Gasteiger partial charge in [0, 0.05) is 36.6 Å². The van der Waals surface area contributed by atoms with Crippen LogP contribution in [-0.2, 0) is 22.6 Å². The maximum absolute atomic E-state index is 12.1. The molecule has 2 N–H and O–H groups in total. The van der Waals surface area contributed by atoms with Gasteiger partial charge in [-0.3, -0.25) is 9.59 Å². The molecule has 1 aromatic heterocycles. The minimum Gasteiger partial charge on any atom is -0.481 e. The van der Waals surface area contributed by atoms with Crippen molar-refractivity contribution in [2.24, 2.45) is 0 Å². The van der Waals surface area contributed by atoms with Crippen LogP contribution in [0.25, 0.3) is 10.9 Å². The highest BCUT2D eigenvalue weighted by Crippen LogP contribution is 2.21. The predicted octanol–water partition coefficient (Wildman–Crippen LogP) is 2.96. The molecule has 23 heavy (non-hydrogen) atoms. The average Bonchev–Trinajstić information content (AvgIpc) is 2.88. The number of carbonyl (C=O) groups is 2. The van der Waals surface area contributed by atoms with Crippen molar-refractivity contribution in [3.63, 3.8) is 0 Å². The average molecular weight is 316 g/mol. The molecule has 1 heterocycles. The highest BCUT2D eigenvalue weighted by Gasteiger charge is 2.10. The Bertz CT molecular complexity index is 676. The number of carbonyl (C=O) groups excluding carboxylic acids is 1. The van der Waals surface area contributed by atoms with Crippen LogP contribution in [0.4, 0.5) is 0 Å². The molecule has 1 amide bonds. The number of nitrogens with zero attached hydrogens (tertiary/aromatic N) is 1. The maximum Gasteiger partial charge on any atom is 0.303 e. The monoisotopic (exact) mass is 316 g/mol. The number of carboxylic acids is 1. The van der Waals surface area contributed by atoms with Crippen molar-refractivity contribution >= 4 is 22.8 Å². The molecule has 124 valence electrons. The summed E-state index contributed by atoms with van der Waals surface area (Å²) in [6, 6.07) is 8.13. The minimum atomic E-state index is -0.763. The number of benzene rings is 1. The van der Waals surface area contributed by atoms with Gasteiger partial charge >= 0.3 is 5.97 Å². The van der Waals surface area contributed by atoms with Crippen LogP contribution in [0.15, 0.2) is 30.5 Å². The molecule has 0 aliphatic carbocycles. The van der Waals surface area contributed by atoms with Crippen molar-refractivity contribution in [2.75, 3.05) is 6.54 Å². The first-order valence-corrected chi connectivity index (χ1v) is 8.17. The van der Waals surface area contributed by atoms with Crippen molar-refractivity contribution in [1.29, 1.82) is 0 Å². The molecular formula is C18H24N2O3. The van der Waals surface area contributed by atoms with Crippen molar-refractivity contribution in [2.45, 2.75) is 45.6 Å². The van der Waals surface area contributed by atoms with E-state index in [4.69, 9.17) is 5.11 Å². The molecular weight excluding hydrogens is 292 g/mol. The molecule has 0 saturated heterocycles. The number of hydrogen-bond acceptors (Lipinski definition) is 2. The van der Waals surface area contributed by atoms with Crippen LogP contribution in [0.5, 0.6) is 0 Å². The predicted molar refractivity (Wildman–Crippen MR) is 90.4 cm³/mol. The van der Waals surface area contributed by atoms with Gasteiger partial charge in [-0.25, -0.2) is 0 Å². The summed E-state index contributed by atoms with van der Waals surface area (Å²) in [7, 11) is 0. The lowest BCUT2D eigenvalue weighted by molar-refractivity contribution is -0.137. The highest BCUT2D eigenvalue weighted by atomic mass is 16.4. The maximum atomic E-state index is 12.1. The highest BCUT2D eigenvalue weighted by molar-refractivity contribution is 5.89. The quantitative estimate of drug-likeness (QED) is 0.699. The molecule has 1 aromatic carbocycles. The van der Waals surface area contributed by atoms with Gasteiger partial charge in [0.05, 0.1) is 6.42 Å². The van der Waals surface area contributed by atoms with E-state index < -0.39 is 5.97 Å². The number of para-hydroxylation sites is 1. The smallest absolute Gasteiger partial charge is 0.303 e. The Labute approximate surface area is 136 Å². The Kier molecular flexibility index (Phi) is 6.20. The second-order valence-corrected chi connectivity index (χ2v) is 5.69. The van der Waals surface area contributed by atoms with Crippen molar-refractivity contribution in [3.05, 3.63) is 36.0 Å². The number of fused-ring (bicyclic) bond motifs is 1. The molecule has 0 fully saturated rings. The number of nitrogens with one attached hydrogen (secondary N) is 1. The van der Waals surface area contributed by atoms with Gasteiger partial charge in [-0.1, -0.05) is 24.6 Å². The lowest BCUT2D eigenvalue weighted by Gasteiger charge is -2.04. The molecule has 5 nitrogen and oxygen atoms in total. The summed E-state index contributed by atoms with van der Waals surface area (Å²) in [6.07, 6.45) is 4.93. The Morgan fingerprint density at radius 3 is 2.70 bits per heavy atom. The summed E-state index contributed by atoms with van der Waals surface area (Å²) in [5.41, 5.74) is 2.21. The van der Waals surface area contributed by atoms with Crippen LogP contribution < -0.4 is 5.32 Å². The fourth-order valence-corrected chi connectivity index (χ4v) is 2.77. The first-order chi connectivity index (χ1) is 11.1. The molecule has 0 unspecified atom stereocenters. The van der Waals surface area contributed by atoms with E-state index in [1.807, 2.05) is 12.1 Å². The fraction of sp³-hybridized carbons (Fsp3) is 0.444. The van der Waals surface area contributed by atoms with Gasteiger partial charge in [0.1, 0.15) is 0 Å². The third-order valence-corrected chi connectivity index (χ3v) is 3.95. The van der Waals surface area contributed by atoms with Gasteiger partial charge in [-0.15, -0.1) is 0 Å². The molecule has 5 heteroatoms. The third kappa shape index (κ3) is 4.84. The Morgan fingerprint density at radius 2 is 1.96 bits per heavy atom. The Hall–Kier alpha value is -2.30. The second kappa shape index (κ2) is 8.36. The SMILES string of the molecule is CCn1cc(CC(=O)NCCCCCC(=O)O)c2ccccc21. The zero-order chi connectivity index (χ0) is 16.7. The second-order valence-electron chi connectivity index (χ2n) is 5.69. The van der Waals surface area contributed by atoms with E-state index in [2.05, 4.69) is 35.1 Å². The molecule has 2 rings (SSSR count). The van der Waals surface area contributed by atoms with Crippen LogP contribution in [0.2, 0.25) is 0 Å². The first kappa shape index (κ1) is 17.1. The lowest BCUT2D eigenvalue weighted by atomic mass is 10.1. The molecule has 0 spiro atoms. The molecule has 0 aliphatic heterocycles. The number of aliphatic carboxylic acids is 1. The fourth-order valence-electron chi connectivity index (χ4n) is 2.77. The van der Waals surface area contributed by atoms with E-state index in [1.165, 1.54) is 0 Å². The normalized spacial score (nSPS) is 10.8. The van der Waals surface area contributed by atoms with Crippen LogP contribution in [0.3, 0.4) is 0 Å². The largest absolute Gasteiger partial charge is 0.481 e. The number of carboxylic acid groups (broad SMARTS) is 1. The summed E-state index contributed by atoms with van der Waals surface area (Å²) in [5, 5.41) is 12.6. The van der Waals surface area contributed by atoms with Gasteiger partial charge in [-0.05, 0) is 31.4 Å². The van der Waals surface area contributed by atoms with E-state index >= 15 is 0 Å². The number of aryl methyl sites for hydroxylation is 1. The van der Waals surface area contributed by atoms with Crippen LogP contribution in [0, 0.1) is 0 Å². The summed E-state index contributed by atoms with van der Waals surface area (Å²) in [6.45, 7) is 3.57. The minimum absolute atomic E-state index is 0.0160. The van der Waals surface area contributed by atoms with Crippen LogP contribution >= 0.6 is 0 Å². The number of unbranched alkanes of at least 4 members (excludes halogenated alkanes) is 2. The molecule has 0 bridgehead atoms. The zero-order valence-electron chi connectivity index (χ0n) is 13.5. The molecule has 0 saturated carbocycles. The summed E-state index contributed by atoms with van der Waals surface area (Å²) in [4.78, 5) is 22.5. The van der Waals surface area contributed by atoms with E-state index in [0.29, 0.717) is 19.4 Å². The number of rotatable bonds is 9. The first-order valence-electron chi connectivity index (χ1n) is 8.17. The zero-order valence-corrected chi connectivity index (χ0v) is 13.5. The summed E-state index contributed by atoms with van der Waals surface area (Å²) >= 11 is 0. The number of aromatic nitrogens is 1. The molecule has 0 atom stereocenters. The van der Waals surface area contributed by atoms with Gasteiger partial charge in [0.15, 0.2) is 0 Å². The van der Waals surface area contributed by atoms with Crippen molar-refractivity contribution in [1.82, 2.24) is 9.88 Å². The molecule has 2 aromatic rings. The third-order valence-electron chi connectivity index (χ3n) is 3.95. The van der Waals surface area contributed by atoms with Gasteiger partial charge in [0.2, 0.25) is 5.91 Å². The topological polar surface area (TPSA) is 71.3 Å². The number of amides is 1. The standard InChI is InChI=1S/C18H24N2O3/c1-2-20-13-14(15-8-5-6-9-16(15)20)12-17(21)19-11-7-3-4-10-18(22)23/h5-6,8-9,13H,2-4,7,10-12H2,1H3,(H,19,21)(H,22,23). The lowest BCUT2D eigenvalue weighted by Crippen LogP contribution is -2.26. The summed E-state index contributed by atoms with van der Waals surface area (Å²) in [5.74, 6) is -0.747. The Balaban J connectivity index is 1.83. The molecule has 0 radical (unpaired) electrons. The van der Waals surface area contributed by atoms with E-state index in [-0.39, 0.29) is 12.3 Å². The van der Waals surface area contributed by atoms with Gasteiger partial charge in [-0.2, -0.15) is 0 Å². The molecule has 0 aliphatic rings.